The van der Waals surface area contributed by atoms with Crippen LogP contribution in [0.5, 0.6) is 0 Å². The Bertz CT molecular complexity index is 765. The Kier molecular flexibility index (Phi) is 3.98. The number of hydrogen-bond donors (Lipinski definition) is 2. The zero-order valence-corrected chi connectivity index (χ0v) is 14.1. The lowest BCUT2D eigenvalue weighted by atomic mass is 10.1. The van der Waals surface area contributed by atoms with Gasteiger partial charge in [0.15, 0.2) is 0 Å². The Morgan fingerprint density at radius 3 is 2.67 bits per heavy atom. The molecule has 0 radical (unpaired) electrons. The van der Waals surface area contributed by atoms with Gasteiger partial charge in [-0.05, 0) is 60.5 Å². The fourth-order valence-corrected chi connectivity index (χ4v) is 3.72. The lowest BCUT2D eigenvalue weighted by Gasteiger charge is -2.27. The van der Waals surface area contributed by atoms with Crippen LogP contribution < -0.4 is 10.6 Å². The fraction of sp³-hybridized carbons (Fsp3) is 0.333. The third-order valence-electron chi connectivity index (χ3n) is 4.41. The minimum absolute atomic E-state index is 0.0450. The molecule has 1 aromatic heterocycles. The molecule has 2 aliphatic rings. The average Bonchev–Trinajstić information content (AvgIpc) is 3.28. The number of urea groups is 1. The van der Waals surface area contributed by atoms with Gasteiger partial charge in [0.25, 0.3) is 5.91 Å². The number of rotatable bonds is 3. The maximum atomic E-state index is 12.4. The van der Waals surface area contributed by atoms with Crippen LogP contribution in [0.4, 0.5) is 10.5 Å². The first-order valence-electron chi connectivity index (χ1n) is 8.21. The Morgan fingerprint density at radius 1 is 1.12 bits per heavy atom. The van der Waals surface area contributed by atoms with Gasteiger partial charge in [0.05, 0.1) is 0 Å². The van der Waals surface area contributed by atoms with E-state index in [-0.39, 0.29) is 11.9 Å². The van der Waals surface area contributed by atoms with Gasteiger partial charge >= 0.3 is 6.03 Å². The van der Waals surface area contributed by atoms with Crippen molar-refractivity contribution < 1.29 is 9.59 Å². The molecule has 5 nitrogen and oxygen atoms in total. The van der Waals surface area contributed by atoms with Crippen LogP contribution in [-0.2, 0) is 13.0 Å². The molecule has 24 heavy (non-hydrogen) atoms. The molecule has 2 N–H and O–H groups in total. The number of fused-ring (bicyclic) bond motifs is 1. The van der Waals surface area contributed by atoms with Crippen molar-refractivity contribution in [3.05, 3.63) is 51.7 Å². The minimum atomic E-state index is -0.0953. The zero-order valence-electron chi connectivity index (χ0n) is 13.2. The van der Waals surface area contributed by atoms with Crippen molar-refractivity contribution in [3.63, 3.8) is 0 Å². The third kappa shape index (κ3) is 3.28. The molecule has 1 aliphatic carbocycles. The summed E-state index contributed by atoms with van der Waals surface area (Å²) in [7, 11) is 0. The Hall–Kier alpha value is -2.34. The van der Waals surface area contributed by atoms with Gasteiger partial charge in [0.2, 0.25) is 0 Å². The van der Waals surface area contributed by atoms with Gasteiger partial charge in [-0.3, -0.25) is 4.79 Å². The number of hydrogen-bond acceptors (Lipinski definition) is 3. The maximum Gasteiger partial charge on any atom is 0.322 e. The van der Waals surface area contributed by atoms with Crippen LogP contribution in [0.2, 0.25) is 0 Å². The number of benzene rings is 1. The number of amides is 3. The molecule has 2 heterocycles. The first kappa shape index (κ1) is 15.2. The molecule has 4 rings (SSSR count). The van der Waals surface area contributed by atoms with Crippen molar-refractivity contribution in [2.75, 3.05) is 11.9 Å². The molecule has 0 atom stereocenters. The van der Waals surface area contributed by atoms with Crippen LogP contribution >= 0.6 is 11.3 Å². The first-order valence-corrected chi connectivity index (χ1v) is 9.09. The highest BCUT2D eigenvalue weighted by molar-refractivity contribution is 7.10. The summed E-state index contributed by atoms with van der Waals surface area (Å²) < 4.78 is 0. The van der Waals surface area contributed by atoms with Gasteiger partial charge in [-0.15, -0.1) is 11.3 Å². The van der Waals surface area contributed by atoms with Crippen LogP contribution in [0.1, 0.15) is 33.6 Å². The van der Waals surface area contributed by atoms with Gasteiger partial charge in [-0.25, -0.2) is 4.79 Å². The third-order valence-corrected chi connectivity index (χ3v) is 5.43. The number of carbonyl (C=O) groups is 2. The van der Waals surface area contributed by atoms with Crippen LogP contribution in [-0.4, -0.2) is 29.4 Å². The Balaban J connectivity index is 1.36. The summed E-state index contributed by atoms with van der Waals surface area (Å²) in [6.07, 6.45) is 3.06. The van der Waals surface area contributed by atoms with E-state index in [1.54, 1.807) is 35.6 Å². The molecule has 1 saturated carbocycles. The number of nitrogens with one attached hydrogen (secondary N) is 2. The molecule has 0 saturated heterocycles. The standard InChI is InChI=1S/C18H19N3O2S/c22-17(19-14-5-6-14)12-1-3-15(4-2-12)20-18(23)21-9-7-16-13(11-21)8-10-24-16/h1-4,8,10,14H,5-7,9,11H2,(H,19,22)(H,20,23). The summed E-state index contributed by atoms with van der Waals surface area (Å²) in [6, 6.07) is 9.40. The van der Waals surface area contributed by atoms with Crippen LogP contribution in [0, 0.1) is 0 Å². The molecule has 0 spiro atoms. The largest absolute Gasteiger partial charge is 0.349 e. The number of carbonyl (C=O) groups excluding carboxylic acids is 2. The zero-order chi connectivity index (χ0) is 16.5. The second kappa shape index (κ2) is 6.28. The Morgan fingerprint density at radius 2 is 1.92 bits per heavy atom. The van der Waals surface area contributed by atoms with Gasteiger partial charge < -0.3 is 15.5 Å². The van der Waals surface area contributed by atoms with Crippen molar-refractivity contribution in [2.45, 2.75) is 31.8 Å². The van der Waals surface area contributed by atoms with Gasteiger partial charge in [0, 0.05) is 35.3 Å². The van der Waals surface area contributed by atoms with E-state index >= 15 is 0 Å². The molecule has 6 heteroatoms. The van der Waals surface area contributed by atoms with Crippen LogP contribution in [0.3, 0.4) is 0 Å². The summed E-state index contributed by atoms with van der Waals surface area (Å²) >= 11 is 1.76. The summed E-state index contributed by atoms with van der Waals surface area (Å²) in [5.74, 6) is -0.0450. The summed E-state index contributed by atoms with van der Waals surface area (Å²) in [6.45, 7) is 1.40. The summed E-state index contributed by atoms with van der Waals surface area (Å²) in [5.41, 5.74) is 2.58. The van der Waals surface area contributed by atoms with E-state index < -0.39 is 0 Å². The molecular formula is C18H19N3O2S. The molecule has 3 amide bonds. The van der Waals surface area contributed by atoms with E-state index in [4.69, 9.17) is 0 Å². The maximum absolute atomic E-state index is 12.4. The SMILES string of the molecule is O=C(NC1CC1)c1ccc(NC(=O)N2CCc3sccc3C2)cc1. The topological polar surface area (TPSA) is 61.4 Å². The van der Waals surface area contributed by atoms with Crippen LogP contribution in [0.25, 0.3) is 0 Å². The van der Waals surface area contributed by atoms with Crippen molar-refractivity contribution in [1.82, 2.24) is 10.2 Å². The fourth-order valence-electron chi connectivity index (χ4n) is 2.83. The van der Waals surface area contributed by atoms with Crippen molar-refractivity contribution in [2.24, 2.45) is 0 Å². The summed E-state index contributed by atoms with van der Waals surface area (Å²) in [4.78, 5) is 27.6. The number of thiophene rings is 1. The van der Waals surface area contributed by atoms with E-state index in [1.807, 2.05) is 4.90 Å². The molecule has 2 aromatic rings. The number of nitrogens with zero attached hydrogens (tertiary/aromatic N) is 1. The molecule has 1 aliphatic heterocycles. The van der Waals surface area contributed by atoms with E-state index in [9.17, 15) is 9.59 Å². The predicted molar refractivity (Wildman–Crippen MR) is 94.4 cm³/mol. The highest BCUT2D eigenvalue weighted by Crippen LogP contribution is 2.24. The van der Waals surface area contributed by atoms with E-state index in [0.717, 1.165) is 25.8 Å². The minimum Gasteiger partial charge on any atom is -0.349 e. The molecule has 0 bridgehead atoms. The second-order valence-corrected chi connectivity index (χ2v) is 7.30. The van der Waals surface area contributed by atoms with Crippen LogP contribution in [0.15, 0.2) is 35.7 Å². The molecular weight excluding hydrogens is 322 g/mol. The highest BCUT2D eigenvalue weighted by Gasteiger charge is 2.24. The lowest BCUT2D eigenvalue weighted by Crippen LogP contribution is -2.38. The average molecular weight is 341 g/mol. The second-order valence-electron chi connectivity index (χ2n) is 6.30. The lowest BCUT2D eigenvalue weighted by molar-refractivity contribution is 0.0951. The molecule has 1 fully saturated rings. The van der Waals surface area contributed by atoms with Crippen molar-refractivity contribution >= 4 is 29.0 Å². The number of anilines is 1. The Labute approximate surface area is 144 Å². The van der Waals surface area contributed by atoms with E-state index in [2.05, 4.69) is 22.1 Å². The first-order chi connectivity index (χ1) is 11.7. The van der Waals surface area contributed by atoms with Gasteiger partial charge in [-0.1, -0.05) is 0 Å². The van der Waals surface area contributed by atoms with Gasteiger partial charge in [0.1, 0.15) is 0 Å². The molecule has 1 aromatic carbocycles. The normalized spacial score (nSPS) is 16.4. The van der Waals surface area contributed by atoms with E-state index in [1.165, 1.54) is 10.4 Å². The highest BCUT2D eigenvalue weighted by atomic mass is 32.1. The van der Waals surface area contributed by atoms with E-state index in [0.29, 0.717) is 23.8 Å². The van der Waals surface area contributed by atoms with Gasteiger partial charge in [-0.2, -0.15) is 0 Å². The van der Waals surface area contributed by atoms with Crippen molar-refractivity contribution in [1.29, 1.82) is 0 Å². The monoisotopic (exact) mass is 341 g/mol. The molecule has 0 unspecified atom stereocenters. The predicted octanol–water partition coefficient (Wildman–Crippen LogP) is 3.23. The quantitative estimate of drug-likeness (QED) is 0.900. The smallest absolute Gasteiger partial charge is 0.322 e. The van der Waals surface area contributed by atoms with Crippen molar-refractivity contribution in [3.8, 4) is 0 Å². The summed E-state index contributed by atoms with van der Waals surface area (Å²) in [5, 5.41) is 7.95. The molecule has 124 valence electrons.